The Balaban J connectivity index is 1.32. The van der Waals surface area contributed by atoms with E-state index in [1.54, 1.807) is 37.5 Å². The fourth-order valence-corrected chi connectivity index (χ4v) is 6.39. The van der Waals surface area contributed by atoms with Gasteiger partial charge in [-0.3, -0.25) is 4.99 Å². The van der Waals surface area contributed by atoms with Crippen molar-refractivity contribution in [2.24, 2.45) is 34.4 Å². The average molecular weight is 461 g/mol. The molecule has 6 atom stereocenters. The van der Waals surface area contributed by atoms with E-state index in [4.69, 9.17) is 15.2 Å². The Bertz CT molecular complexity index is 1060. The molecule has 3 aliphatic rings. The molecule has 0 spiro atoms. The van der Waals surface area contributed by atoms with Gasteiger partial charge in [0.25, 0.3) is 0 Å². The van der Waals surface area contributed by atoms with Crippen molar-refractivity contribution in [3.63, 3.8) is 0 Å². The largest absolute Gasteiger partial charge is 0.455 e. The maximum atomic E-state index is 13.0. The van der Waals surface area contributed by atoms with Crippen molar-refractivity contribution in [3.8, 4) is 0 Å². The Morgan fingerprint density at radius 2 is 1.35 bits per heavy atom. The maximum absolute atomic E-state index is 13.0. The first-order valence-corrected chi connectivity index (χ1v) is 12.3. The number of esters is 2. The van der Waals surface area contributed by atoms with Gasteiger partial charge in [-0.15, -0.1) is 0 Å². The van der Waals surface area contributed by atoms with Crippen LogP contribution >= 0.6 is 0 Å². The zero-order chi connectivity index (χ0) is 23.7. The van der Waals surface area contributed by atoms with Gasteiger partial charge in [0.05, 0.1) is 11.1 Å². The minimum atomic E-state index is -0.433. The van der Waals surface area contributed by atoms with Crippen molar-refractivity contribution in [3.05, 3.63) is 70.8 Å². The van der Waals surface area contributed by atoms with Crippen LogP contribution in [0.25, 0.3) is 0 Å². The lowest BCUT2D eigenvalue weighted by Crippen LogP contribution is -2.45. The first kappa shape index (κ1) is 22.8. The minimum Gasteiger partial charge on any atom is -0.455 e. The Morgan fingerprint density at radius 1 is 0.853 bits per heavy atom. The van der Waals surface area contributed by atoms with Crippen LogP contribution in [-0.2, 0) is 16.0 Å². The molecule has 6 nitrogen and oxygen atoms in total. The van der Waals surface area contributed by atoms with Crippen molar-refractivity contribution >= 4 is 18.2 Å². The van der Waals surface area contributed by atoms with Gasteiger partial charge >= 0.3 is 11.9 Å². The molecule has 2 bridgehead atoms. The fraction of sp³-hybridized carbons (Fsp3) is 0.464. The second-order valence-electron chi connectivity index (χ2n) is 9.93. The van der Waals surface area contributed by atoms with Crippen LogP contribution in [0, 0.1) is 23.7 Å². The third kappa shape index (κ3) is 4.51. The molecule has 5 rings (SSSR count). The molecule has 2 aromatic rings. The maximum Gasteiger partial charge on any atom is 0.338 e. The van der Waals surface area contributed by atoms with E-state index in [0.717, 1.165) is 24.0 Å². The van der Waals surface area contributed by atoms with Gasteiger partial charge in [-0.2, -0.15) is 0 Å². The quantitative estimate of drug-likeness (QED) is 0.510. The molecule has 34 heavy (non-hydrogen) atoms. The number of rotatable bonds is 6. The summed E-state index contributed by atoms with van der Waals surface area (Å²) < 4.78 is 12.0. The molecule has 2 aromatic carbocycles. The molecule has 6 heteroatoms. The van der Waals surface area contributed by atoms with Crippen molar-refractivity contribution in [2.75, 3.05) is 7.05 Å². The molecule has 0 amide bonds. The van der Waals surface area contributed by atoms with Crippen LogP contribution in [0.2, 0.25) is 0 Å². The number of ether oxygens (including phenoxy) is 2. The fourth-order valence-electron chi connectivity index (χ4n) is 6.39. The summed E-state index contributed by atoms with van der Waals surface area (Å²) in [4.78, 5) is 30.0. The SMILES string of the molecule is C/N=C\c1ccc(C(=O)OC2CC3C4CCC(C4)C3CC2OC(=O)c2ccc(CN)cc2)cc1. The number of hydrogen-bond acceptors (Lipinski definition) is 6. The summed E-state index contributed by atoms with van der Waals surface area (Å²) in [5, 5.41) is 0. The van der Waals surface area contributed by atoms with Gasteiger partial charge in [0.2, 0.25) is 0 Å². The van der Waals surface area contributed by atoms with Crippen LogP contribution < -0.4 is 5.73 Å². The number of hydrogen-bond donors (Lipinski definition) is 1. The normalized spacial score (nSPS) is 29.7. The number of benzene rings is 2. The van der Waals surface area contributed by atoms with E-state index in [-0.39, 0.29) is 11.9 Å². The van der Waals surface area contributed by atoms with Crippen LogP contribution in [0.15, 0.2) is 53.5 Å². The Morgan fingerprint density at radius 3 is 1.82 bits per heavy atom. The highest BCUT2D eigenvalue weighted by Gasteiger charge is 2.53. The van der Waals surface area contributed by atoms with Gasteiger partial charge in [0.1, 0.15) is 12.2 Å². The van der Waals surface area contributed by atoms with Crippen molar-refractivity contribution in [1.82, 2.24) is 0 Å². The monoisotopic (exact) mass is 460 g/mol. The van der Waals surface area contributed by atoms with Crippen LogP contribution in [0.1, 0.15) is 63.9 Å². The van der Waals surface area contributed by atoms with Crippen LogP contribution in [0.3, 0.4) is 0 Å². The van der Waals surface area contributed by atoms with Crippen LogP contribution in [0.4, 0.5) is 0 Å². The van der Waals surface area contributed by atoms with E-state index < -0.39 is 12.2 Å². The lowest BCUT2D eigenvalue weighted by atomic mass is 9.69. The van der Waals surface area contributed by atoms with Crippen molar-refractivity contribution in [1.29, 1.82) is 0 Å². The average Bonchev–Trinajstić information content (AvgIpc) is 3.47. The van der Waals surface area contributed by atoms with Crippen LogP contribution in [-0.4, -0.2) is 37.4 Å². The molecule has 0 aromatic heterocycles. The molecule has 0 heterocycles. The highest BCUT2D eigenvalue weighted by atomic mass is 16.6. The van der Waals surface area contributed by atoms with E-state index in [2.05, 4.69) is 4.99 Å². The van der Waals surface area contributed by atoms with Gasteiger partial charge in [-0.25, -0.2) is 9.59 Å². The van der Waals surface area contributed by atoms with Gasteiger partial charge < -0.3 is 15.2 Å². The predicted molar refractivity (Wildman–Crippen MR) is 130 cm³/mol. The summed E-state index contributed by atoms with van der Waals surface area (Å²) in [6.07, 6.45) is 6.20. The smallest absolute Gasteiger partial charge is 0.338 e. The molecule has 3 saturated carbocycles. The molecule has 2 N–H and O–H groups in total. The Labute approximate surface area is 200 Å². The molecule has 178 valence electrons. The third-order valence-corrected chi connectivity index (χ3v) is 8.07. The summed E-state index contributed by atoms with van der Waals surface area (Å²) in [7, 11) is 1.71. The van der Waals surface area contributed by atoms with Gasteiger partial charge in [-0.05, 0) is 91.2 Å². The van der Waals surface area contributed by atoms with Crippen molar-refractivity contribution in [2.45, 2.75) is 50.9 Å². The standard InChI is InChI=1S/C28H32N2O4/c1-30-16-18-4-8-20(9-5-18)28(32)34-26-14-24-22-11-10-21(12-22)23(24)13-25(26)33-27(31)19-6-2-17(15-29)3-7-19/h2-9,16,21-26H,10-15,29H2,1H3/b30-16-. The number of carbonyl (C=O) groups excluding carboxylic acids is 2. The molecule has 0 aliphatic heterocycles. The van der Waals surface area contributed by atoms with E-state index in [1.807, 2.05) is 24.3 Å². The summed E-state index contributed by atoms with van der Waals surface area (Å²) in [5.41, 5.74) is 8.54. The Hall–Kier alpha value is -2.99. The second kappa shape index (κ2) is 9.71. The molecular weight excluding hydrogens is 428 g/mol. The molecule has 3 aliphatic carbocycles. The first-order valence-electron chi connectivity index (χ1n) is 12.3. The van der Waals surface area contributed by atoms with E-state index in [0.29, 0.717) is 41.3 Å². The van der Waals surface area contributed by atoms with Gasteiger partial charge in [0, 0.05) is 19.8 Å². The number of nitrogens with zero attached hydrogens (tertiary/aromatic N) is 1. The topological polar surface area (TPSA) is 91.0 Å². The van der Waals surface area contributed by atoms with Crippen LogP contribution in [0.5, 0.6) is 0 Å². The predicted octanol–water partition coefficient (Wildman–Crippen LogP) is 4.40. The second-order valence-corrected chi connectivity index (χ2v) is 9.93. The summed E-state index contributed by atoms with van der Waals surface area (Å²) >= 11 is 0. The highest BCUT2D eigenvalue weighted by Crippen LogP contribution is 2.58. The molecule has 0 saturated heterocycles. The van der Waals surface area contributed by atoms with E-state index in [9.17, 15) is 9.59 Å². The Kier molecular flexibility index (Phi) is 6.50. The zero-order valence-corrected chi connectivity index (χ0v) is 19.6. The number of fused-ring (bicyclic) bond motifs is 5. The molecular formula is C28H32N2O4. The number of aliphatic imine (C=N–C) groups is 1. The highest BCUT2D eigenvalue weighted by molar-refractivity contribution is 5.91. The molecule has 0 radical (unpaired) electrons. The minimum absolute atomic E-state index is 0.375. The molecule has 3 fully saturated rings. The third-order valence-electron chi connectivity index (χ3n) is 8.07. The summed E-state index contributed by atoms with van der Waals surface area (Å²) in [5.74, 6) is 1.78. The summed E-state index contributed by atoms with van der Waals surface area (Å²) in [6.45, 7) is 0.424. The molecule has 6 unspecified atom stereocenters. The number of nitrogens with two attached hydrogens (primary N) is 1. The lowest BCUT2D eigenvalue weighted by Gasteiger charge is -2.42. The van der Waals surface area contributed by atoms with E-state index in [1.165, 1.54) is 19.3 Å². The van der Waals surface area contributed by atoms with Crippen molar-refractivity contribution < 1.29 is 19.1 Å². The van der Waals surface area contributed by atoms with Gasteiger partial charge in [0.15, 0.2) is 0 Å². The zero-order valence-electron chi connectivity index (χ0n) is 19.6. The lowest BCUT2D eigenvalue weighted by molar-refractivity contribution is -0.0822. The summed E-state index contributed by atoms with van der Waals surface area (Å²) in [6, 6.07) is 14.4. The van der Waals surface area contributed by atoms with E-state index >= 15 is 0 Å². The first-order chi connectivity index (χ1) is 16.6. The number of carbonyl (C=O) groups is 2. The van der Waals surface area contributed by atoms with Gasteiger partial charge in [-0.1, -0.05) is 24.3 Å².